The summed E-state index contributed by atoms with van der Waals surface area (Å²) in [6.07, 6.45) is 0.108. The van der Waals surface area contributed by atoms with Crippen molar-refractivity contribution >= 4 is 24.8 Å². The fraction of sp³-hybridized carbons (Fsp3) is 1.00. The van der Waals surface area contributed by atoms with Crippen molar-refractivity contribution in [2.75, 3.05) is 0 Å². The van der Waals surface area contributed by atoms with Crippen LogP contribution in [-0.2, 0) is 0 Å². The van der Waals surface area contributed by atoms with E-state index in [1.165, 1.54) is 0 Å². The van der Waals surface area contributed by atoms with Gasteiger partial charge in [0.05, 0.1) is 0 Å². The molecular weight excluding hydrogens is 209 g/mol. The predicted molar refractivity (Wildman–Crippen MR) is 49.2 cm³/mol. The van der Waals surface area contributed by atoms with Gasteiger partial charge in [0, 0.05) is 24.9 Å². The molecule has 4 N–H and O–H groups in total. The molecule has 0 bridgehead atoms. The minimum absolute atomic E-state index is 0. The van der Waals surface area contributed by atoms with Gasteiger partial charge in [0.15, 0.2) is 0 Å². The number of nitrogens with two attached hydrogens (primary N) is 2. The Morgan fingerprint density at radius 1 is 1.00 bits per heavy atom. The van der Waals surface area contributed by atoms with E-state index in [4.69, 9.17) is 11.5 Å². The van der Waals surface area contributed by atoms with E-state index in [2.05, 4.69) is 0 Å². The van der Waals surface area contributed by atoms with Crippen LogP contribution >= 0.6 is 24.8 Å². The molecule has 76 valence electrons. The van der Waals surface area contributed by atoms with Crippen molar-refractivity contribution in [2.45, 2.75) is 37.3 Å². The summed E-state index contributed by atoms with van der Waals surface area (Å²) in [6, 6.07) is -0.836. The smallest absolute Gasteiger partial charge is 0.251 e. The van der Waals surface area contributed by atoms with Gasteiger partial charge >= 0.3 is 0 Å². The Balaban J connectivity index is 0. The summed E-state index contributed by atoms with van der Waals surface area (Å²) >= 11 is 0. The van der Waals surface area contributed by atoms with Crippen molar-refractivity contribution < 1.29 is 8.78 Å². The summed E-state index contributed by atoms with van der Waals surface area (Å²) in [5.74, 6) is -2.63. The Kier molecular flexibility index (Phi) is 6.40. The van der Waals surface area contributed by atoms with E-state index in [0.29, 0.717) is 6.42 Å². The molecule has 1 saturated carbocycles. The van der Waals surface area contributed by atoms with E-state index in [-0.39, 0.29) is 37.7 Å². The SMILES string of the molecule is Cl.Cl.NC1CC(N)CC(F)(F)C1. The number of hydrogen-bond donors (Lipinski definition) is 2. The zero-order valence-corrected chi connectivity index (χ0v) is 8.14. The maximum Gasteiger partial charge on any atom is 0.251 e. The van der Waals surface area contributed by atoms with Gasteiger partial charge in [-0.05, 0) is 6.42 Å². The zero-order chi connectivity index (χ0) is 7.78. The Morgan fingerprint density at radius 3 is 1.58 bits per heavy atom. The van der Waals surface area contributed by atoms with E-state index < -0.39 is 18.0 Å². The molecular formula is C6H14Cl2F2N2. The molecule has 0 aliphatic heterocycles. The van der Waals surface area contributed by atoms with Crippen molar-refractivity contribution in [2.24, 2.45) is 11.5 Å². The van der Waals surface area contributed by atoms with Crippen LogP contribution in [0.1, 0.15) is 19.3 Å². The molecule has 0 amide bonds. The minimum Gasteiger partial charge on any atom is -0.327 e. The Labute approximate surface area is 82.9 Å². The summed E-state index contributed by atoms with van der Waals surface area (Å²) in [6.45, 7) is 0. The zero-order valence-electron chi connectivity index (χ0n) is 6.50. The molecule has 0 aromatic rings. The highest BCUT2D eigenvalue weighted by molar-refractivity contribution is 5.85. The van der Waals surface area contributed by atoms with Gasteiger partial charge in [-0.3, -0.25) is 0 Å². The Morgan fingerprint density at radius 2 is 1.33 bits per heavy atom. The molecule has 2 unspecified atom stereocenters. The number of hydrogen-bond acceptors (Lipinski definition) is 2. The fourth-order valence-electron chi connectivity index (χ4n) is 1.41. The lowest BCUT2D eigenvalue weighted by atomic mass is 9.89. The van der Waals surface area contributed by atoms with Crippen molar-refractivity contribution in [3.8, 4) is 0 Å². The van der Waals surface area contributed by atoms with Crippen molar-refractivity contribution in [1.29, 1.82) is 0 Å². The molecule has 1 rings (SSSR count). The minimum atomic E-state index is -2.63. The molecule has 1 aliphatic carbocycles. The highest BCUT2D eigenvalue weighted by Gasteiger charge is 2.38. The van der Waals surface area contributed by atoms with Crippen LogP contribution < -0.4 is 11.5 Å². The molecule has 1 fully saturated rings. The van der Waals surface area contributed by atoms with Crippen molar-refractivity contribution in [3.63, 3.8) is 0 Å². The summed E-state index contributed by atoms with van der Waals surface area (Å²) < 4.78 is 25.1. The van der Waals surface area contributed by atoms with Crippen LogP contribution in [0.25, 0.3) is 0 Å². The van der Waals surface area contributed by atoms with E-state index in [9.17, 15) is 8.78 Å². The highest BCUT2D eigenvalue weighted by atomic mass is 35.5. The van der Waals surface area contributed by atoms with Gasteiger partial charge in [-0.2, -0.15) is 0 Å². The van der Waals surface area contributed by atoms with Crippen LogP contribution in [0.5, 0.6) is 0 Å². The Bertz CT molecular complexity index is 123. The summed E-state index contributed by atoms with van der Waals surface area (Å²) in [5, 5.41) is 0. The second-order valence-corrected chi connectivity index (χ2v) is 3.02. The number of halogens is 4. The average molecular weight is 223 g/mol. The van der Waals surface area contributed by atoms with Crippen LogP contribution in [0.3, 0.4) is 0 Å². The van der Waals surface area contributed by atoms with Gasteiger partial charge in [-0.15, -0.1) is 24.8 Å². The maximum atomic E-state index is 12.5. The predicted octanol–water partition coefficient (Wildman–Crippen LogP) is 1.30. The van der Waals surface area contributed by atoms with Crippen LogP contribution in [0.4, 0.5) is 8.78 Å². The first-order chi connectivity index (χ1) is 4.49. The van der Waals surface area contributed by atoms with Crippen LogP contribution in [-0.4, -0.2) is 18.0 Å². The fourth-order valence-corrected chi connectivity index (χ4v) is 1.41. The molecule has 6 heteroatoms. The van der Waals surface area contributed by atoms with Gasteiger partial charge in [0.2, 0.25) is 0 Å². The van der Waals surface area contributed by atoms with Gasteiger partial charge in [0.1, 0.15) is 0 Å². The average Bonchev–Trinajstić information content (AvgIpc) is 1.54. The lowest BCUT2D eigenvalue weighted by Crippen LogP contribution is -2.45. The third kappa shape index (κ3) is 4.40. The van der Waals surface area contributed by atoms with E-state index >= 15 is 0 Å². The monoisotopic (exact) mass is 222 g/mol. The molecule has 12 heavy (non-hydrogen) atoms. The van der Waals surface area contributed by atoms with Gasteiger partial charge in [-0.1, -0.05) is 0 Å². The molecule has 2 nitrogen and oxygen atoms in total. The molecule has 1 aliphatic rings. The third-order valence-electron chi connectivity index (χ3n) is 1.73. The number of rotatable bonds is 0. The quantitative estimate of drug-likeness (QED) is 0.650. The molecule has 2 atom stereocenters. The molecule has 0 aromatic carbocycles. The van der Waals surface area contributed by atoms with E-state index in [1.54, 1.807) is 0 Å². The molecule has 0 spiro atoms. The van der Waals surface area contributed by atoms with Gasteiger partial charge in [-0.25, -0.2) is 8.78 Å². The normalized spacial score (nSPS) is 33.0. The van der Waals surface area contributed by atoms with E-state index in [0.717, 1.165) is 0 Å². The lowest BCUT2D eigenvalue weighted by Gasteiger charge is -2.30. The maximum absolute atomic E-state index is 12.5. The first-order valence-electron chi connectivity index (χ1n) is 3.38. The first-order valence-corrected chi connectivity index (χ1v) is 3.38. The summed E-state index contributed by atoms with van der Waals surface area (Å²) in [4.78, 5) is 0. The molecule has 0 heterocycles. The topological polar surface area (TPSA) is 52.0 Å². The van der Waals surface area contributed by atoms with Crippen LogP contribution in [0, 0.1) is 0 Å². The lowest BCUT2D eigenvalue weighted by molar-refractivity contribution is -0.0455. The molecule has 0 aromatic heterocycles. The third-order valence-corrected chi connectivity index (χ3v) is 1.73. The van der Waals surface area contributed by atoms with Crippen LogP contribution in [0.15, 0.2) is 0 Å². The highest BCUT2D eigenvalue weighted by Crippen LogP contribution is 2.31. The molecule has 0 saturated heterocycles. The Hall–Kier alpha value is 0.360. The second-order valence-electron chi connectivity index (χ2n) is 3.02. The number of alkyl halides is 2. The largest absolute Gasteiger partial charge is 0.327 e. The first kappa shape index (κ1) is 14.9. The van der Waals surface area contributed by atoms with Gasteiger partial charge in [0.25, 0.3) is 5.92 Å². The van der Waals surface area contributed by atoms with Crippen LogP contribution in [0.2, 0.25) is 0 Å². The van der Waals surface area contributed by atoms with Crippen molar-refractivity contribution in [1.82, 2.24) is 0 Å². The van der Waals surface area contributed by atoms with E-state index in [1.807, 2.05) is 0 Å². The van der Waals surface area contributed by atoms with Crippen molar-refractivity contribution in [3.05, 3.63) is 0 Å². The van der Waals surface area contributed by atoms with Gasteiger partial charge < -0.3 is 11.5 Å². The summed E-state index contributed by atoms with van der Waals surface area (Å²) in [7, 11) is 0. The standard InChI is InChI=1S/C6H12F2N2.2ClH/c7-6(8)2-4(9)1-5(10)3-6;;/h4-5H,1-3,9-10H2;2*1H. The summed E-state index contributed by atoms with van der Waals surface area (Å²) in [5.41, 5.74) is 10.7. The second kappa shape index (κ2) is 5.17. The molecule has 0 radical (unpaired) electrons.